The maximum atomic E-state index is 13.3. The summed E-state index contributed by atoms with van der Waals surface area (Å²) in [5.74, 6) is 0.105. The van der Waals surface area contributed by atoms with Crippen molar-refractivity contribution in [2.75, 3.05) is 37.4 Å². The molecule has 5 rings (SSSR count). The second-order valence-electron chi connectivity index (χ2n) is 8.20. The third kappa shape index (κ3) is 4.74. The van der Waals surface area contributed by atoms with E-state index in [2.05, 4.69) is 19.6 Å². The molecular formula is C23H25N5O3S3. The van der Waals surface area contributed by atoms with Crippen molar-refractivity contribution in [3.8, 4) is 10.7 Å². The Kier molecular flexibility index (Phi) is 6.43. The predicted molar refractivity (Wildman–Crippen MR) is 137 cm³/mol. The number of fused-ring (bicyclic) bond motifs is 1. The minimum absolute atomic E-state index is 0.105. The summed E-state index contributed by atoms with van der Waals surface area (Å²) in [5.41, 5.74) is 2.10. The number of benzene rings is 1. The zero-order valence-corrected chi connectivity index (χ0v) is 21.1. The summed E-state index contributed by atoms with van der Waals surface area (Å²) in [7, 11) is -3.75. The predicted octanol–water partition coefficient (Wildman–Crippen LogP) is 3.86. The van der Waals surface area contributed by atoms with E-state index < -0.39 is 10.0 Å². The van der Waals surface area contributed by atoms with Crippen LogP contribution >= 0.6 is 22.7 Å². The number of para-hydroxylation sites is 1. The Hall–Kier alpha value is -2.73. The summed E-state index contributed by atoms with van der Waals surface area (Å²) in [4.78, 5) is 24.5. The van der Waals surface area contributed by atoms with Gasteiger partial charge in [-0.25, -0.2) is 13.4 Å². The molecule has 1 saturated heterocycles. The average molecular weight is 516 g/mol. The van der Waals surface area contributed by atoms with Crippen molar-refractivity contribution in [3.05, 3.63) is 52.2 Å². The molecule has 0 spiro atoms. The van der Waals surface area contributed by atoms with Gasteiger partial charge in [-0.3, -0.25) is 14.4 Å². The minimum atomic E-state index is -3.75. The highest BCUT2D eigenvalue weighted by Gasteiger charge is 2.23. The molecule has 3 aromatic heterocycles. The van der Waals surface area contributed by atoms with Gasteiger partial charge in [0.25, 0.3) is 10.0 Å². The highest BCUT2D eigenvalue weighted by Crippen LogP contribution is 2.32. The molecule has 4 heterocycles. The molecule has 1 fully saturated rings. The van der Waals surface area contributed by atoms with Crippen LogP contribution in [0.3, 0.4) is 0 Å². The van der Waals surface area contributed by atoms with Crippen LogP contribution in [0, 0.1) is 0 Å². The van der Waals surface area contributed by atoms with Crippen molar-refractivity contribution in [1.29, 1.82) is 0 Å². The third-order valence-corrected chi connectivity index (χ3v) is 9.40. The standard InChI is InChI=1S/C23H25N5O3S3/c1-16(29)28-11-9-27(10-12-28)8-5-20-21(6-13-32-20)34(30,31)26-18-4-2-3-17-15-19(25-22(17)18)23-24-7-14-33-23/h2-4,6-7,13-15,25-26H,5,8-12H2,1H3. The average Bonchev–Trinajstić information content (AvgIpc) is 3.58. The lowest BCUT2D eigenvalue weighted by Gasteiger charge is -2.34. The van der Waals surface area contributed by atoms with Gasteiger partial charge in [0.15, 0.2) is 0 Å². The summed E-state index contributed by atoms with van der Waals surface area (Å²) in [6.45, 7) is 5.41. The van der Waals surface area contributed by atoms with Gasteiger partial charge < -0.3 is 9.88 Å². The van der Waals surface area contributed by atoms with Crippen molar-refractivity contribution in [2.24, 2.45) is 0 Å². The number of hydrogen-bond donors (Lipinski definition) is 2. The van der Waals surface area contributed by atoms with Gasteiger partial charge >= 0.3 is 0 Å². The minimum Gasteiger partial charge on any atom is -0.351 e. The van der Waals surface area contributed by atoms with Crippen LogP contribution < -0.4 is 4.72 Å². The smallest absolute Gasteiger partial charge is 0.263 e. The number of anilines is 1. The van der Waals surface area contributed by atoms with Crippen molar-refractivity contribution >= 4 is 55.2 Å². The highest BCUT2D eigenvalue weighted by atomic mass is 32.2. The molecule has 0 saturated carbocycles. The lowest BCUT2D eigenvalue weighted by molar-refractivity contribution is -0.130. The van der Waals surface area contributed by atoms with E-state index in [1.54, 1.807) is 25.3 Å². The first-order valence-corrected chi connectivity index (χ1v) is 14.2. The van der Waals surface area contributed by atoms with E-state index in [4.69, 9.17) is 0 Å². The molecule has 178 valence electrons. The fourth-order valence-electron chi connectivity index (χ4n) is 4.21. The number of thiophene rings is 1. The maximum absolute atomic E-state index is 13.3. The van der Waals surface area contributed by atoms with E-state index in [0.29, 0.717) is 17.0 Å². The van der Waals surface area contributed by atoms with E-state index in [1.807, 2.05) is 33.9 Å². The summed E-state index contributed by atoms with van der Waals surface area (Å²) in [6.07, 6.45) is 2.39. The summed E-state index contributed by atoms with van der Waals surface area (Å²) in [6, 6.07) is 9.21. The molecule has 4 aromatic rings. The monoisotopic (exact) mass is 515 g/mol. The van der Waals surface area contributed by atoms with Crippen LogP contribution in [0.25, 0.3) is 21.6 Å². The number of piperazine rings is 1. The molecule has 0 atom stereocenters. The number of amides is 1. The lowest BCUT2D eigenvalue weighted by atomic mass is 10.2. The van der Waals surface area contributed by atoms with Gasteiger partial charge in [-0.05, 0) is 30.0 Å². The quantitative estimate of drug-likeness (QED) is 0.390. The Balaban J connectivity index is 1.31. The van der Waals surface area contributed by atoms with Gasteiger partial charge in [0.1, 0.15) is 9.90 Å². The Morgan fingerprint density at radius 2 is 1.97 bits per heavy atom. The molecule has 1 amide bonds. The number of thiazole rings is 1. The van der Waals surface area contributed by atoms with E-state index in [0.717, 1.165) is 59.2 Å². The zero-order valence-electron chi connectivity index (χ0n) is 18.7. The Morgan fingerprint density at radius 3 is 2.71 bits per heavy atom. The number of aromatic nitrogens is 2. The van der Waals surface area contributed by atoms with Gasteiger partial charge in [0.2, 0.25) is 5.91 Å². The Labute approximate surface area is 206 Å². The molecule has 8 nitrogen and oxygen atoms in total. The van der Waals surface area contributed by atoms with Gasteiger partial charge in [0.05, 0.1) is 16.9 Å². The van der Waals surface area contributed by atoms with Crippen LogP contribution in [0.15, 0.2) is 52.2 Å². The summed E-state index contributed by atoms with van der Waals surface area (Å²) >= 11 is 2.99. The normalized spacial score (nSPS) is 15.1. The number of nitrogens with zero attached hydrogens (tertiary/aromatic N) is 3. The molecule has 34 heavy (non-hydrogen) atoms. The van der Waals surface area contributed by atoms with E-state index in [-0.39, 0.29) is 5.91 Å². The highest BCUT2D eigenvalue weighted by molar-refractivity contribution is 7.93. The number of carbonyl (C=O) groups is 1. The molecule has 0 bridgehead atoms. The SMILES string of the molecule is CC(=O)N1CCN(CCc2sccc2S(=O)(=O)Nc2cccc3cc(-c4nccs4)[nH]c23)CC1. The van der Waals surface area contributed by atoms with Crippen molar-refractivity contribution in [2.45, 2.75) is 18.2 Å². The molecule has 2 N–H and O–H groups in total. The first-order chi connectivity index (χ1) is 16.4. The number of sulfonamides is 1. The first kappa shape index (κ1) is 23.0. The second kappa shape index (κ2) is 9.49. The first-order valence-electron chi connectivity index (χ1n) is 11.0. The van der Waals surface area contributed by atoms with Crippen molar-refractivity contribution < 1.29 is 13.2 Å². The molecule has 1 aliphatic heterocycles. The van der Waals surface area contributed by atoms with Crippen LogP contribution in [0.1, 0.15) is 11.8 Å². The Bertz CT molecular complexity index is 1400. The molecule has 0 radical (unpaired) electrons. The van der Waals surface area contributed by atoms with E-state index in [9.17, 15) is 13.2 Å². The fourth-order valence-corrected chi connectivity index (χ4v) is 7.36. The van der Waals surface area contributed by atoms with Gasteiger partial charge in [-0.15, -0.1) is 22.7 Å². The third-order valence-electron chi connectivity index (χ3n) is 6.03. The fraction of sp³-hybridized carbons (Fsp3) is 0.304. The van der Waals surface area contributed by atoms with Gasteiger partial charge in [-0.2, -0.15) is 0 Å². The van der Waals surface area contributed by atoms with E-state index >= 15 is 0 Å². The van der Waals surface area contributed by atoms with Crippen LogP contribution in [-0.2, 0) is 21.2 Å². The molecule has 1 aromatic carbocycles. The molecule has 11 heteroatoms. The number of hydrogen-bond acceptors (Lipinski definition) is 7. The maximum Gasteiger partial charge on any atom is 0.263 e. The van der Waals surface area contributed by atoms with Crippen LogP contribution in [0.5, 0.6) is 0 Å². The number of rotatable bonds is 7. The topological polar surface area (TPSA) is 98.4 Å². The van der Waals surface area contributed by atoms with Gasteiger partial charge in [-0.1, -0.05) is 12.1 Å². The number of aromatic amines is 1. The summed E-state index contributed by atoms with van der Waals surface area (Å²) in [5, 5.41) is 5.51. The number of carbonyl (C=O) groups excluding carboxylic acids is 1. The van der Waals surface area contributed by atoms with Crippen LogP contribution in [-0.4, -0.2) is 66.8 Å². The molecule has 0 unspecified atom stereocenters. The van der Waals surface area contributed by atoms with E-state index in [1.165, 1.54) is 22.7 Å². The van der Waals surface area contributed by atoms with Crippen LogP contribution in [0.2, 0.25) is 0 Å². The van der Waals surface area contributed by atoms with Crippen LogP contribution in [0.4, 0.5) is 5.69 Å². The molecule has 0 aliphatic carbocycles. The lowest BCUT2D eigenvalue weighted by Crippen LogP contribution is -2.48. The molecular weight excluding hydrogens is 490 g/mol. The van der Waals surface area contributed by atoms with Crippen molar-refractivity contribution in [1.82, 2.24) is 19.8 Å². The van der Waals surface area contributed by atoms with Crippen molar-refractivity contribution in [3.63, 3.8) is 0 Å². The van der Waals surface area contributed by atoms with Gasteiger partial charge in [0, 0.05) is 61.5 Å². The number of H-pyrrole nitrogens is 1. The Morgan fingerprint density at radius 1 is 1.15 bits per heavy atom. The molecule has 1 aliphatic rings. The number of nitrogens with one attached hydrogen (secondary N) is 2. The summed E-state index contributed by atoms with van der Waals surface area (Å²) < 4.78 is 29.5. The zero-order chi connectivity index (χ0) is 23.7. The second-order valence-corrected chi connectivity index (χ2v) is 11.7. The largest absolute Gasteiger partial charge is 0.351 e.